The summed E-state index contributed by atoms with van der Waals surface area (Å²) >= 11 is 0. The van der Waals surface area contributed by atoms with Gasteiger partial charge in [0.2, 0.25) is 0 Å². The second-order valence-electron chi connectivity index (χ2n) is 4.51. The molecule has 0 bridgehead atoms. The molecule has 0 aliphatic rings. The highest BCUT2D eigenvalue weighted by Gasteiger charge is 2.06. The molecule has 2 aromatic carbocycles. The Morgan fingerprint density at radius 2 is 1.89 bits per heavy atom. The molecule has 0 unspecified atom stereocenters. The van der Waals surface area contributed by atoms with Gasteiger partial charge in [0.25, 0.3) is 0 Å². The van der Waals surface area contributed by atoms with E-state index in [2.05, 4.69) is 13.8 Å². The predicted molar refractivity (Wildman–Crippen MR) is 71.4 cm³/mol. The molecule has 0 aromatic heterocycles. The van der Waals surface area contributed by atoms with Crippen molar-refractivity contribution in [2.45, 2.75) is 19.8 Å². The first kappa shape index (κ1) is 12.4. The molecule has 0 radical (unpaired) electrons. The molecule has 0 fully saturated rings. The van der Waals surface area contributed by atoms with E-state index in [4.69, 9.17) is 10.5 Å². The molecule has 0 aliphatic carbocycles. The molecule has 0 aliphatic heterocycles. The molecule has 0 heterocycles. The number of hydrogen-bond donors (Lipinski definition) is 1. The lowest BCUT2D eigenvalue weighted by Gasteiger charge is -2.11. The maximum Gasteiger partial charge on any atom is 0.153 e. The van der Waals surface area contributed by atoms with Crippen molar-refractivity contribution in [3.63, 3.8) is 0 Å². The van der Waals surface area contributed by atoms with E-state index in [0.717, 1.165) is 0 Å². The lowest BCUT2D eigenvalue weighted by atomic mass is 10.0. The van der Waals surface area contributed by atoms with Crippen LogP contribution in [0.5, 0.6) is 11.5 Å². The van der Waals surface area contributed by atoms with E-state index in [1.807, 2.05) is 24.3 Å². The highest BCUT2D eigenvalue weighted by molar-refractivity contribution is 5.54. The molecule has 0 saturated carbocycles. The van der Waals surface area contributed by atoms with Gasteiger partial charge in [-0.05, 0) is 35.7 Å². The minimum absolute atomic E-state index is 0.343. The minimum Gasteiger partial charge on any atom is -0.455 e. The lowest BCUT2D eigenvalue weighted by Crippen LogP contribution is -1.94. The van der Waals surface area contributed by atoms with E-state index in [1.54, 1.807) is 0 Å². The van der Waals surface area contributed by atoms with Crippen LogP contribution >= 0.6 is 0 Å². The number of nitrogen functional groups attached to an aromatic ring is 1. The predicted octanol–water partition coefficient (Wildman–Crippen LogP) is 4.32. The van der Waals surface area contributed by atoms with Crippen molar-refractivity contribution in [2.75, 3.05) is 5.73 Å². The third kappa shape index (κ3) is 2.80. The number of ether oxygens (including phenoxy) is 1. The zero-order chi connectivity index (χ0) is 13.1. The molecule has 0 atom stereocenters. The van der Waals surface area contributed by atoms with Crippen molar-refractivity contribution in [1.29, 1.82) is 0 Å². The van der Waals surface area contributed by atoms with E-state index in [9.17, 15) is 4.39 Å². The Morgan fingerprint density at radius 1 is 1.11 bits per heavy atom. The third-order valence-electron chi connectivity index (χ3n) is 2.73. The number of rotatable bonds is 3. The molecule has 2 rings (SSSR count). The molecule has 18 heavy (non-hydrogen) atoms. The zero-order valence-corrected chi connectivity index (χ0v) is 10.5. The highest BCUT2D eigenvalue weighted by Crippen LogP contribution is 2.29. The first-order valence-corrected chi connectivity index (χ1v) is 5.89. The fourth-order valence-electron chi connectivity index (χ4n) is 1.66. The summed E-state index contributed by atoms with van der Waals surface area (Å²) in [7, 11) is 0. The van der Waals surface area contributed by atoms with E-state index < -0.39 is 0 Å². The van der Waals surface area contributed by atoms with Crippen molar-refractivity contribution in [3.8, 4) is 11.5 Å². The Labute approximate surface area is 106 Å². The fraction of sp³-hybridized carbons (Fsp3) is 0.200. The quantitative estimate of drug-likeness (QED) is 0.817. The van der Waals surface area contributed by atoms with Crippen LogP contribution in [0.15, 0.2) is 42.5 Å². The molecule has 94 valence electrons. The Bertz CT molecular complexity index is 552. The standard InChI is InChI=1S/C15H16FNO/c1-10(2)11-4-3-5-13(8-11)18-15-9-12(16)6-7-14(15)17/h3-10H,17H2,1-2H3. The molecule has 0 amide bonds. The van der Waals surface area contributed by atoms with Crippen LogP contribution < -0.4 is 10.5 Å². The maximum absolute atomic E-state index is 13.1. The molecule has 3 heteroatoms. The Balaban J connectivity index is 2.28. The summed E-state index contributed by atoms with van der Waals surface area (Å²) in [5.74, 6) is 1.06. The van der Waals surface area contributed by atoms with Crippen LogP contribution in [0.4, 0.5) is 10.1 Å². The largest absolute Gasteiger partial charge is 0.455 e. The number of anilines is 1. The topological polar surface area (TPSA) is 35.2 Å². The van der Waals surface area contributed by atoms with Gasteiger partial charge >= 0.3 is 0 Å². The third-order valence-corrected chi connectivity index (χ3v) is 2.73. The summed E-state index contributed by atoms with van der Waals surface area (Å²) in [6.45, 7) is 4.21. The molecular formula is C15H16FNO. The fourth-order valence-corrected chi connectivity index (χ4v) is 1.66. The van der Waals surface area contributed by atoms with Gasteiger partial charge in [-0.1, -0.05) is 26.0 Å². The van der Waals surface area contributed by atoms with Crippen molar-refractivity contribution in [3.05, 3.63) is 53.8 Å². The Kier molecular flexibility index (Phi) is 3.51. The van der Waals surface area contributed by atoms with Crippen LogP contribution in [-0.4, -0.2) is 0 Å². The summed E-state index contributed by atoms with van der Waals surface area (Å²) < 4.78 is 18.7. The number of nitrogens with two attached hydrogens (primary N) is 1. The minimum atomic E-state index is -0.362. The maximum atomic E-state index is 13.1. The van der Waals surface area contributed by atoms with Crippen LogP contribution in [0.1, 0.15) is 25.3 Å². The lowest BCUT2D eigenvalue weighted by molar-refractivity contribution is 0.478. The van der Waals surface area contributed by atoms with Gasteiger partial charge < -0.3 is 10.5 Å². The summed E-state index contributed by atoms with van der Waals surface area (Å²) in [6.07, 6.45) is 0. The van der Waals surface area contributed by atoms with Crippen molar-refractivity contribution in [2.24, 2.45) is 0 Å². The first-order valence-electron chi connectivity index (χ1n) is 5.89. The van der Waals surface area contributed by atoms with Crippen LogP contribution in [0, 0.1) is 5.82 Å². The summed E-state index contributed by atoms with van der Waals surface area (Å²) in [4.78, 5) is 0. The molecule has 2 nitrogen and oxygen atoms in total. The molecule has 0 spiro atoms. The van der Waals surface area contributed by atoms with Gasteiger partial charge in [0.05, 0.1) is 5.69 Å². The monoisotopic (exact) mass is 245 g/mol. The van der Waals surface area contributed by atoms with Gasteiger partial charge in [0.15, 0.2) is 5.75 Å². The van der Waals surface area contributed by atoms with Crippen LogP contribution in [0.2, 0.25) is 0 Å². The molecular weight excluding hydrogens is 229 g/mol. The Hall–Kier alpha value is -2.03. The normalized spacial score (nSPS) is 10.7. The van der Waals surface area contributed by atoms with Gasteiger partial charge in [0, 0.05) is 6.07 Å². The van der Waals surface area contributed by atoms with Gasteiger partial charge in [-0.15, -0.1) is 0 Å². The SMILES string of the molecule is CC(C)c1cccc(Oc2cc(F)ccc2N)c1. The van der Waals surface area contributed by atoms with Gasteiger partial charge in [-0.2, -0.15) is 0 Å². The van der Waals surface area contributed by atoms with E-state index in [0.29, 0.717) is 23.1 Å². The summed E-state index contributed by atoms with van der Waals surface area (Å²) in [5.41, 5.74) is 7.33. The number of halogens is 1. The highest BCUT2D eigenvalue weighted by atomic mass is 19.1. The van der Waals surface area contributed by atoms with Crippen molar-refractivity contribution in [1.82, 2.24) is 0 Å². The average Bonchev–Trinajstić information content (AvgIpc) is 2.34. The summed E-state index contributed by atoms with van der Waals surface area (Å²) in [6, 6.07) is 11.8. The molecule has 2 N–H and O–H groups in total. The van der Waals surface area contributed by atoms with Crippen LogP contribution in [0.25, 0.3) is 0 Å². The smallest absolute Gasteiger partial charge is 0.153 e. The van der Waals surface area contributed by atoms with E-state index in [-0.39, 0.29) is 5.82 Å². The first-order chi connectivity index (χ1) is 8.56. The second kappa shape index (κ2) is 5.08. The van der Waals surface area contributed by atoms with Crippen LogP contribution in [0.3, 0.4) is 0 Å². The zero-order valence-electron chi connectivity index (χ0n) is 10.5. The average molecular weight is 245 g/mol. The molecule has 0 saturated heterocycles. The van der Waals surface area contributed by atoms with Crippen molar-refractivity contribution < 1.29 is 9.13 Å². The van der Waals surface area contributed by atoms with E-state index in [1.165, 1.54) is 23.8 Å². The number of benzene rings is 2. The van der Waals surface area contributed by atoms with Gasteiger partial charge in [-0.3, -0.25) is 0 Å². The second-order valence-corrected chi connectivity index (χ2v) is 4.51. The van der Waals surface area contributed by atoms with E-state index >= 15 is 0 Å². The number of hydrogen-bond acceptors (Lipinski definition) is 2. The van der Waals surface area contributed by atoms with Gasteiger partial charge in [-0.25, -0.2) is 4.39 Å². The van der Waals surface area contributed by atoms with Gasteiger partial charge in [0.1, 0.15) is 11.6 Å². The Morgan fingerprint density at radius 3 is 2.61 bits per heavy atom. The van der Waals surface area contributed by atoms with Crippen LogP contribution in [-0.2, 0) is 0 Å². The summed E-state index contributed by atoms with van der Waals surface area (Å²) in [5, 5.41) is 0. The van der Waals surface area contributed by atoms with Crippen molar-refractivity contribution >= 4 is 5.69 Å². The molecule has 2 aromatic rings.